The highest BCUT2D eigenvalue weighted by Gasteiger charge is 2.33. The molecular weight excluding hydrogens is 515 g/mol. The van der Waals surface area contributed by atoms with Crippen molar-refractivity contribution in [2.75, 3.05) is 0 Å². The molecule has 0 radical (unpaired) electrons. The summed E-state index contributed by atoms with van der Waals surface area (Å²) in [5.41, 5.74) is 0.727. The number of pyridine rings is 1. The summed E-state index contributed by atoms with van der Waals surface area (Å²) in [6.45, 7) is 0. The Kier molecular flexibility index (Phi) is 5.92. The van der Waals surface area contributed by atoms with Crippen LogP contribution in [0.25, 0.3) is 22.3 Å². The molecule has 10 heteroatoms. The molecule has 0 fully saturated rings. The van der Waals surface area contributed by atoms with E-state index in [9.17, 15) is 26.3 Å². The first-order valence-corrected chi connectivity index (χ1v) is 8.97. The van der Waals surface area contributed by atoms with E-state index in [0.717, 1.165) is 12.1 Å². The van der Waals surface area contributed by atoms with Gasteiger partial charge >= 0.3 is 12.7 Å². The van der Waals surface area contributed by atoms with Gasteiger partial charge in [-0.2, -0.15) is 0 Å². The molecule has 0 N–H and O–H groups in total. The lowest BCUT2D eigenvalue weighted by molar-refractivity contribution is -0.275. The molecule has 0 aliphatic heterocycles. The summed E-state index contributed by atoms with van der Waals surface area (Å²) in [7, 11) is 0. The standard InChI is InChI=1S/C19H10F6INO2/c20-18(21,22)28-15-7-3-1-5-11(15)13-9-27-10-14(17(13)26)12-6-2-4-8-16(12)29-19(23,24)25/h1-10H. The molecular formula is C19H10F6INO2. The normalized spacial score (nSPS) is 12.0. The number of alkyl halides is 6. The highest BCUT2D eigenvalue weighted by molar-refractivity contribution is 14.1. The van der Waals surface area contributed by atoms with Crippen LogP contribution >= 0.6 is 22.6 Å². The smallest absolute Gasteiger partial charge is 0.405 e. The number of benzene rings is 2. The molecule has 0 saturated carbocycles. The highest BCUT2D eigenvalue weighted by Crippen LogP contribution is 2.41. The van der Waals surface area contributed by atoms with Gasteiger partial charge in [0.15, 0.2) is 0 Å². The van der Waals surface area contributed by atoms with Crippen molar-refractivity contribution in [3.8, 4) is 33.8 Å². The lowest BCUT2D eigenvalue weighted by Crippen LogP contribution is -2.18. The molecule has 3 rings (SSSR count). The summed E-state index contributed by atoms with van der Waals surface area (Å²) < 4.78 is 84.9. The Bertz CT molecular complexity index is 942. The zero-order chi connectivity index (χ0) is 21.2. The van der Waals surface area contributed by atoms with E-state index in [1.807, 2.05) is 22.6 Å². The second kappa shape index (κ2) is 8.09. The van der Waals surface area contributed by atoms with Crippen molar-refractivity contribution in [1.29, 1.82) is 0 Å². The Hall–Kier alpha value is -2.50. The molecule has 1 aromatic heterocycles. The van der Waals surface area contributed by atoms with Crippen LogP contribution in [0, 0.1) is 3.57 Å². The third kappa shape index (κ3) is 5.31. The van der Waals surface area contributed by atoms with E-state index in [-0.39, 0.29) is 22.3 Å². The number of hydrogen-bond acceptors (Lipinski definition) is 3. The minimum Gasteiger partial charge on any atom is -0.405 e. The van der Waals surface area contributed by atoms with Gasteiger partial charge in [-0.15, -0.1) is 26.3 Å². The topological polar surface area (TPSA) is 31.4 Å². The Morgan fingerprint density at radius 1 is 0.621 bits per heavy atom. The van der Waals surface area contributed by atoms with Crippen LogP contribution in [0.1, 0.15) is 0 Å². The molecule has 0 aliphatic rings. The molecule has 0 saturated heterocycles. The lowest BCUT2D eigenvalue weighted by Gasteiger charge is -2.17. The molecule has 152 valence electrons. The van der Waals surface area contributed by atoms with Crippen LogP contribution in [0.2, 0.25) is 0 Å². The largest absolute Gasteiger partial charge is 0.573 e. The molecule has 0 amide bonds. The third-order valence-electron chi connectivity index (χ3n) is 3.69. The van der Waals surface area contributed by atoms with Gasteiger partial charge in [0.05, 0.1) is 0 Å². The zero-order valence-electron chi connectivity index (χ0n) is 14.2. The van der Waals surface area contributed by atoms with Gasteiger partial charge in [0.1, 0.15) is 11.5 Å². The van der Waals surface area contributed by atoms with Gasteiger partial charge in [-0.3, -0.25) is 4.98 Å². The summed E-state index contributed by atoms with van der Waals surface area (Å²) >= 11 is 1.84. The van der Waals surface area contributed by atoms with E-state index in [0.29, 0.717) is 3.57 Å². The van der Waals surface area contributed by atoms with Crippen LogP contribution in [-0.4, -0.2) is 17.7 Å². The van der Waals surface area contributed by atoms with E-state index in [4.69, 9.17) is 0 Å². The quantitative estimate of drug-likeness (QED) is 0.277. The van der Waals surface area contributed by atoms with Gasteiger partial charge in [0.25, 0.3) is 0 Å². The maximum absolute atomic E-state index is 12.7. The van der Waals surface area contributed by atoms with Crippen LogP contribution in [0.3, 0.4) is 0 Å². The van der Waals surface area contributed by atoms with Crippen molar-refractivity contribution in [3.05, 3.63) is 64.5 Å². The van der Waals surface area contributed by atoms with Crippen molar-refractivity contribution in [2.45, 2.75) is 12.7 Å². The fourth-order valence-corrected chi connectivity index (χ4v) is 3.49. The maximum Gasteiger partial charge on any atom is 0.573 e. The predicted octanol–water partition coefficient (Wildman–Crippen LogP) is 6.82. The Balaban J connectivity index is 2.13. The average Bonchev–Trinajstić information content (AvgIpc) is 2.61. The second-order valence-corrected chi connectivity index (χ2v) is 6.72. The zero-order valence-corrected chi connectivity index (χ0v) is 16.3. The van der Waals surface area contributed by atoms with Gasteiger partial charge in [-0.1, -0.05) is 36.4 Å². The molecule has 0 spiro atoms. The van der Waals surface area contributed by atoms with Crippen LogP contribution in [0.15, 0.2) is 60.9 Å². The summed E-state index contributed by atoms with van der Waals surface area (Å²) in [6.07, 6.45) is -7.17. The molecule has 0 atom stereocenters. The van der Waals surface area contributed by atoms with Crippen molar-refractivity contribution in [1.82, 2.24) is 4.98 Å². The first-order chi connectivity index (χ1) is 13.6. The van der Waals surface area contributed by atoms with Crippen LogP contribution in [-0.2, 0) is 0 Å². The number of rotatable bonds is 4. The van der Waals surface area contributed by atoms with Crippen molar-refractivity contribution < 1.29 is 35.8 Å². The average molecular weight is 525 g/mol. The predicted molar refractivity (Wildman–Crippen MR) is 101 cm³/mol. The number of nitrogens with zero attached hydrogens (tertiary/aromatic N) is 1. The minimum atomic E-state index is -4.90. The fraction of sp³-hybridized carbons (Fsp3) is 0.105. The molecule has 1 heterocycles. The number of ether oxygens (including phenoxy) is 2. The Morgan fingerprint density at radius 3 is 1.38 bits per heavy atom. The molecule has 29 heavy (non-hydrogen) atoms. The van der Waals surface area contributed by atoms with Crippen LogP contribution in [0.4, 0.5) is 26.3 Å². The minimum absolute atomic E-state index is 0.0952. The third-order valence-corrected chi connectivity index (χ3v) is 4.85. The first-order valence-electron chi connectivity index (χ1n) is 7.89. The molecule has 0 bridgehead atoms. The van der Waals surface area contributed by atoms with E-state index in [1.54, 1.807) is 0 Å². The van der Waals surface area contributed by atoms with Gasteiger partial charge in [0.2, 0.25) is 0 Å². The summed E-state index contributed by atoms with van der Waals surface area (Å²) in [6, 6.07) is 10.9. The monoisotopic (exact) mass is 525 g/mol. The van der Waals surface area contributed by atoms with Gasteiger partial charge in [0, 0.05) is 38.2 Å². The van der Waals surface area contributed by atoms with E-state index in [1.165, 1.54) is 48.8 Å². The first kappa shape index (κ1) is 21.2. The lowest BCUT2D eigenvalue weighted by atomic mass is 10.0. The molecule has 3 aromatic rings. The summed E-state index contributed by atoms with van der Waals surface area (Å²) in [5.74, 6) is -0.895. The highest BCUT2D eigenvalue weighted by atomic mass is 127. The van der Waals surface area contributed by atoms with E-state index in [2.05, 4.69) is 14.5 Å². The van der Waals surface area contributed by atoms with Crippen molar-refractivity contribution >= 4 is 22.6 Å². The second-order valence-electron chi connectivity index (χ2n) is 5.64. The van der Waals surface area contributed by atoms with Crippen molar-refractivity contribution in [2.24, 2.45) is 0 Å². The number of hydrogen-bond donors (Lipinski definition) is 0. The van der Waals surface area contributed by atoms with Crippen molar-refractivity contribution in [3.63, 3.8) is 0 Å². The van der Waals surface area contributed by atoms with Gasteiger partial charge in [-0.25, -0.2) is 0 Å². The number of halogens is 7. The van der Waals surface area contributed by atoms with Gasteiger partial charge in [-0.05, 0) is 34.7 Å². The van der Waals surface area contributed by atoms with Gasteiger partial charge < -0.3 is 9.47 Å². The number of para-hydroxylation sites is 2. The molecule has 2 aromatic carbocycles. The molecule has 0 aliphatic carbocycles. The fourth-order valence-electron chi connectivity index (χ4n) is 2.63. The maximum atomic E-state index is 12.7. The Labute approximate surface area is 174 Å². The molecule has 3 nitrogen and oxygen atoms in total. The van der Waals surface area contributed by atoms with Crippen LogP contribution in [0.5, 0.6) is 11.5 Å². The van der Waals surface area contributed by atoms with E-state index >= 15 is 0 Å². The summed E-state index contributed by atoms with van der Waals surface area (Å²) in [5, 5.41) is 0. The SMILES string of the molecule is FC(F)(F)Oc1ccccc1-c1cncc(-c2ccccc2OC(F)(F)F)c1I. The van der Waals surface area contributed by atoms with Crippen LogP contribution < -0.4 is 9.47 Å². The molecule has 0 unspecified atom stereocenters. The van der Waals surface area contributed by atoms with E-state index < -0.39 is 24.2 Å². The number of aromatic nitrogens is 1. The summed E-state index contributed by atoms with van der Waals surface area (Å²) in [4.78, 5) is 3.99. The Morgan fingerprint density at radius 2 is 1.00 bits per heavy atom.